The number of benzene rings is 2. The maximum atomic E-state index is 13.5. The van der Waals surface area contributed by atoms with Gasteiger partial charge in [-0.2, -0.15) is 8.78 Å². The average Bonchev–Trinajstić information content (AvgIpc) is 2.59. The summed E-state index contributed by atoms with van der Waals surface area (Å²) in [7, 11) is 1.32. The fourth-order valence-electron chi connectivity index (χ4n) is 2.04. The molecule has 0 aliphatic rings. The summed E-state index contributed by atoms with van der Waals surface area (Å²) in [6.45, 7) is -2.96. The maximum absolute atomic E-state index is 13.5. The van der Waals surface area contributed by atoms with Gasteiger partial charge in [0.15, 0.2) is 11.5 Å². The van der Waals surface area contributed by atoms with Gasteiger partial charge in [0.1, 0.15) is 11.6 Å². The van der Waals surface area contributed by atoms with Crippen LogP contribution in [0, 0.1) is 11.6 Å². The van der Waals surface area contributed by atoms with E-state index < -0.39 is 24.2 Å². The first kappa shape index (κ1) is 19.9. The third kappa shape index (κ3) is 5.83. The standard InChI is InChI=1S/C17H15F4NO3S/c1-24-15-6-10(2-5-14(15)25-17(20)21)8-26-9-16(23)22-13-7-11(18)3-4-12(13)19/h2-7,17H,8-9H2,1H3,(H,22,23). The number of alkyl halides is 2. The molecule has 0 spiro atoms. The molecule has 0 fully saturated rings. The molecule has 2 aromatic rings. The van der Waals surface area contributed by atoms with Crippen molar-refractivity contribution in [2.75, 3.05) is 18.2 Å². The Labute approximate surface area is 151 Å². The van der Waals surface area contributed by atoms with Gasteiger partial charge in [-0.15, -0.1) is 11.8 Å². The number of thioether (sulfide) groups is 1. The Balaban J connectivity index is 1.88. The molecule has 26 heavy (non-hydrogen) atoms. The summed E-state index contributed by atoms with van der Waals surface area (Å²) in [5.74, 6) is -1.45. The Morgan fingerprint density at radius 3 is 2.62 bits per heavy atom. The quantitative estimate of drug-likeness (QED) is 0.678. The highest BCUT2D eigenvalue weighted by molar-refractivity contribution is 7.99. The smallest absolute Gasteiger partial charge is 0.387 e. The lowest BCUT2D eigenvalue weighted by molar-refractivity contribution is -0.113. The zero-order valence-electron chi connectivity index (χ0n) is 13.6. The van der Waals surface area contributed by atoms with Crippen LogP contribution < -0.4 is 14.8 Å². The molecule has 4 nitrogen and oxygen atoms in total. The van der Waals surface area contributed by atoms with Gasteiger partial charge in [0.05, 0.1) is 18.6 Å². The number of carbonyl (C=O) groups is 1. The second kappa shape index (κ2) is 9.33. The van der Waals surface area contributed by atoms with E-state index in [1.54, 1.807) is 6.07 Å². The molecule has 9 heteroatoms. The van der Waals surface area contributed by atoms with E-state index in [-0.39, 0.29) is 22.9 Å². The molecule has 0 bridgehead atoms. The first-order chi connectivity index (χ1) is 12.4. The van der Waals surface area contributed by atoms with Gasteiger partial charge in [-0.1, -0.05) is 6.07 Å². The molecule has 1 amide bonds. The molecule has 0 saturated heterocycles. The van der Waals surface area contributed by atoms with Crippen molar-refractivity contribution in [3.8, 4) is 11.5 Å². The van der Waals surface area contributed by atoms with Gasteiger partial charge in [0.25, 0.3) is 0 Å². The second-order valence-electron chi connectivity index (χ2n) is 5.03. The molecular weight excluding hydrogens is 374 g/mol. The zero-order chi connectivity index (χ0) is 19.1. The Bertz CT molecular complexity index is 774. The minimum atomic E-state index is -2.96. The maximum Gasteiger partial charge on any atom is 0.387 e. The molecule has 0 radical (unpaired) electrons. The van der Waals surface area contributed by atoms with E-state index in [0.29, 0.717) is 5.75 Å². The number of hydrogen-bond donors (Lipinski definition) is 1. The van der Waals surface area contributed by atoms with Gasteiger partial charge in [-0.25, -0.2) is 8.78 Å². The Morgan fingerprint density at radius 2 is 1.92 bits per heavy atom. The molecule has 0 unspecified atom stereocenters. The molecule has 0 aromatic heterocycles. The summed E-state index contributed by atoms with van der Waals surface area (Å²) in [6.07, 6.45) is 0. The van der Waals surface area contributed by atoms with Crippen LogP contribution in [-0.2, 0) is 10.5 Å². The average molecular weight is 389 g/mol. The van der Waals surface area contributed by atoms with Crippen LogP contribution in [-0.4, -0.2) is 25.4 Å². The molecule has 0 aliphatic carbocycles. The lowest BCUT2D eigenvalue weighted by Crippen LogP contribution is -2.15. The number of ether oxygens (including phenoxy) is 2. The second-order valence-corrected chi connectivity index (χ2v) is 6.01. The summed E-state index contributed by atoms with van der Waals surface area (Å²) in [4.78, 5) is 11.8. The molecule has 0 atom stereocenters. The molecular formula is C17H15F4NO3S. The van der Waals surface area contributed by atoms with Gasteiger partial charge in [0.2, 0.25) is 5.91 Å². The van der Waals surface area contributed by atoms with Gasteiger partial charge < -0.3 is 14.8 Å². The largest absolute Gasteiger partial charge is 0.493 e. The Morgan fingerprint density at radius 1 is 1.15 bits per heavy atom. The third-order valence-electron chi connectivity index (χ3n) is 3.15. The molecule has 0 aliphatic heterocycles. The van der Waals surface area contributed by atoms with Crippen molar-refractivity contribution in [1.82, 2.24) is 0 Å². The van der Waals surface area contributed by atoms with E-state index >= 15 is 0 Å². The van der Waals surface area contributed by atoms with Crippen LogP contribution in [0.5, 0.6) is 11.5 Å². The molecule has 0 heterocycles. The van der Waals surface area contributed by atoms with Crippen molar-refractivity contribution in [2.45, 2.75) is 12.4 Å². The number of carbonyl (C=O) groups excluding carboxylic acids is 1. The van der Waals surface area contributed by atoms with Crippen LogP contribution in [0.1, 0.15) is 5.56 Å². The predicted molar refractivity (Wildman–Crippen MR) is 90.8 cm³/mol. The predicted octanol–water partition coefficient (Wildman–Crippen LogP) is 4.45. The summed E-state index contributed by atoms with van der Waals surface area (Å²) in [5, 5.41) is 2.29. The SMILES string of the molecule is COc1cc(CSCC(=O)Nc2cc(F)ccc2F)ccc1OC(F)F. The van der Waals surface area contributed by atoms with E-state index in [4.69, 9.17) is 4.74 Å². The summed E-state index contributed by atoms with van der Waals surface area (Å²) in [5.41, 5.74) is 0.490. The van der Waals surface area contributed by atoms with Crippen molar-refractivity contribution in [3.63, 3.8) is 0 Å². The first-order valence-electron chi connectivity index (χ1n) is 7.33. The van der Waals surface area contributed by atoms with E-state index in [2.05, 4.69) is 10.1 Å². The van der Waals surface area contributed by atoms with E-state index in [0.717, 1.165) is 23.8 Å². The zero-order valence-corrected chi connectivity index (χ0v) is 14.4. The van der Waals surface area contributed by atoms with Crippen LogP contribution >= 0.6 is 11.8 Å². The van der Waals surface area contributed by atoms with Crippen LogP contribution in [0.2, 0.25) is 0 Å². The van der Waals surface area contributed by atoms with Gasteiger partial charge in [-0.05, 0) is 29.8 Å². The number of anilines is 1. The van der Waals surface area contributed by atoms with Gasteiger partial charge in [0, 0.05) is 11.8 Å². The number of methoxy groups -OCH3 is 1. The monoisotopic (exact) mass is 389 g/mol. The lowest BCUT2D eigenvalue weighted by Gasteiger charge is -2.11. The van der Waals surface area contributed by atoms with Crippen LogP contribution in [0.15, 0.2) is 36.4 Å². The summed E-state index contributed by atoms with van der Waals surface area (Å²) in [6, 6.07) is 7.21. The Hall–Kier alpha value is -2.42. The third-order valence-corrected chi connectivity index (χ3v) is 4.15. The van der Waals surface area contributed by atoms with Crippen LogP contribution in [0.25, 0.3) is 0 Å². The van der Waals surface area contributed by atoms with Crippen molar-refractivity contribution in [2.24, 2.45) is 0 Å². The molecule has 1 N–H and O–H groups in total. The Kier molecular flexibility index (Phi) is 7.14. The number of halogens is 4. The number of rotatable bonds is 8. The molecule has 2 aromatic carbocycles. The lowest BCUT2D eigenvalue weighted by atomic mass is 10.2. The fraction of sp³-hybridized carbons (Fsp3) is 0.235. The number of nitrogens with one attached hydrogen (secondary N) is 1. The topological polar surface area (TPSA) is 47.6 Å². The van der Waals surface area contributed by atoms with E-state index in [1.807, 2.05) is 0 Å². The minimum Gasteiger partial charge on any atom is -0.493 e. The highest BCUT2D eigenvalue weighted by Gasteiger charge is 2.12. The van der Waals surface area contributed by atoms with Crippen LogP contribution in [0.3, 0.4) is 0 Å². The number of hydrogen-bond acceptors (Lipinski definition) is 4. The summed E-state index contributed by atoms with van der Waals surface area (Å²) < 4.78 is 60.4. The minimum absolute atomic E-state index is 0.00639. The molecule has 0 saturated carbocycles. The van der Waals surface area contributed by atoms with Crippen molar-refractivity contribution >= 4 is 23.4 Å². The number of amides is 1. The van der Waals surface area contributed by atoms with Crippen molar-refractivity contribution in [3.05, 3.63) is 53.6 Å². The fourth-order valence-corrected chi connectivity index (χ4v) is 2.81. The van der Waals surface area contributed by atoms with Gasteiger partial charge in [-0.3, -0.25) is 4.79 Å². The first-order valence-corrected chi connectivity index (χ1v) is 8.49. The normalized spacial score (nSPS) is 10.7. The highest BCUT2D eigenvalue weighted by Crippen LogP contribution is 2.30. The van der Waals surface area contributed by atoms with E-state index in [1.165, 1.54) is 31.0 Å². The van der Waals surface area contributed by atoms with E-state index in [9.17, 15) is 22.4 Å². The molecule has 2 rings (SSSR count). The van der Waals surface area contributed by atoms with Crippen molar-refractivity contribution in [1.29, 1.82) is 0 Å². The summed E-state index contributed by atoms with van der Waals surface area (Å²) >= 11 is 1.21. The highest BCUT2D eigenvalue weighted by atomic mass is 32.2. The van der Waals surface area contributed by atoms with Crippen LogP contribution in [0.4, 0.5) is 23.2 Å². The van der Waals surface area contributed by atoms with Gasteiger partial charge >= 0.3 is 6.61 Å². The van der Waals surface area contributed by atoms with Crippen molar-refractivity contribution < 1.29 is 31.8 Å². The molecule has 140 valence electrons.